The van der Waals surface area contributed by atoms with E-state index in [4.69, 9.17) is 0 Å². The summed E-state index contributed by atoms with van der Waals surface area (Å²) in [4.78, 5) is 14.9. The van der Waals surface area contributed by atoms with Crippen molar-refractivity contribution in [1.29, 1.82) is 0 Å². The van der Waals surface area contributed by atoms with Gasteiger partial charge in [0.1, 0.15) is 0 Å². The standard InChI is InChI=1S/C19H21NOS/c21-19(18-12-15-7-3-4-8-17(15)22-18)20-16-10-9-13-5-1-2-6-14(13)11-16/h1-2,5-6,12,16H,3-4,7-11H2,(H,20,21). The third kappa shape index (κ3) is 2.70. The highest BCUT2D eigenvalue weighted by atomic mass is 32.1. The molecule has 1 amide bonds. The summed E-state index contributed by atoms with van der Waals surface area (Å²) in [6.07, 6.45) is 7.93. The number of carbonyl (C=O) groups is 1. The van der Waals surface area contributed by atoms with E-state index in [9.17, 15) is 4.79 Å². The van der Waals surface area contributed by atoms with E-state index in [1.54, 1.807) is 11.3 Å². The monoisotopic (exact) mass is 311 g/mol. The molecule has 0 saturated heterocycles. The first kappa shape index (κ1) is 14.0. The molecule has 1 aromatic carbocycles. The van der Waals surface area contributed by atoms with E-state index in [2.05, 4.69) is 35.6 Å². The second-order valence-corrected chi connectivity index (χ2v) is 7.58. The molecule has 1 heterocycles. The predicted octanol–water partition coefficient (Wildman–Crippen LogP) is 3.91. The third-order valence-electron chi connectivity index (χ3n) is 4.90. The number of amides is 1. The summed E-state index contributed by atoms with van der Waals surface area (Å²) < 4.78 is 0. The quantitative estimate of drug-likeness (QED) is 0.895. The topological polar surface area (TPSA) is 29.1 Å². The maximum Gasteiger partial charge on any atom is 0.261 e. The molecular formula is C19H21NOS. The van der Waals surface area contributed by atoms with Crippen LogP contribution in [0.5, 0.6) is 0 Å². The number of rotatable bonds is 2. The SMILES string of the molecule is O=C(NC1CCc2ccccc2C1)c1cc2c(s1)CCCC2. The number of hydrogen-bond donors (Lipinski definition) is 1. The van der Waals surface area contributed by atoms with Crippen LogP contribution in [0.4, 0.5) is 0 Å². The Balaban J connectivity index is 1.45. The zero-order valence-electron chi connectivity index (χ0n) is 12.7. The molecule has 114 valence electrons. The maximum absolute atomic E-state index is 12.5. The Kier molecular flexibility index (Phi) is 3.75. The average molecular weight is 311 g/mol. The third-order valence-corrected chi connectivity index (χ3v) is 6.14. The first-order chi connectivity index (χ1) is 10.8. The number of thiophene rings is 1. The van der Waals surface area contributed by atoms with Crippen LogP contribution < -0.4 is 5.32 Å². The molecule has 0 aliphatic heterocycles. The Hall–Kier alpha value is -1.61. The Morgan fingerprint density at radius 3 is 2.73 bits per heavy atom. The van der Waals surface area contributed by atoms with E-state index in [0.717, 1.165) is 37.0 Å². The molecule has 2 aliphatic carbocycles. The molecule has 0 fully saturated rings. The lowest BCUT2D eigenvalue weighted by Crippen LogP contribution is -2.38. The Morgan fingerprint density at radius 1 is 1.05 bits per heavy atom. The summed E-state index contributed by atoms with van der Waals surface area (Å²) in [5.41, 5.74) is 4.25. The van der Waals surface area contributed by atoms with Gasteiger partial charge in [-0.1, -0.05) is 24.3 Å². The number of aryl methyl sites for hydroxylation is 3. The van der Waals surface area contributed by atoms with E-state index in [0.29, 0.717) is 0 Å². The zero-order chi connectivity index (χ0) is 14.9. The summed E-state index contributed by atoms with van der Waals surface area (Å²) >= 11 is 1.71. The fourth-order valence-corrected chi connectivity index (χ4v) is 4.84. The zero-order valence-corrected chi connectivity index (χ0v) is 13.5. The van der Waals surface area contributed by atoms with Gasteiger partial charge in [0, 0.05) is 10.9 Å². The summed E-state index contributed by atoms with van der Waals surface area (Å²) in [6, 6.07) is 11.0. The molecular weight excluding hydrogens is 290 g/mol. The highest BCUT2D eigenvalue weighted by molar-refractivity contribution is 7.14. The van der Waals surface area contributed by atoms with Crippen LogP contribution in [0.3, 0.4) is 0 Å². The van der Waals surface area contributed by atoms with Gasteiger partial charge in [0.25, 0.3) is 5.91 Å². The molecule has 22 heavy (non-hydrogen) atoms. The highest BCUT2D eigenvalue weighted by Crippen LogP contribution is 2.30. The van der Waals surface area contributed by atoms with E-state index < -0.39 is 0 Å². The van der Waals surface area contributed by atoms with Gasteiger partial charge in [-0.3, -0.25) is 4.79 Å². The van der Waals surface area contributed by atoms with E-state index in [-0.39, 0.29) is 11.9 Å². The minimum absolute atomic E-state index is 0.129. The van der Waals surface area contributed by atoms with Crippen molar-refractivity contribution >= 4 is 17.2 Å². The molecule has 1 aromatic heterocycles. The van der Waals surface area contributed by atoms with Crippen LogP contribution in [0.2, 0.25) is 0 Å². The van der Waals surface area contributed by atoms with Crippen molar-refractivity contribution in [3.63, 3.8) is 0 Å². The van der Waals surface area contributed by atoms with Crippen molar-refractivity contribution in [3.05, 3.63) is 56.8 Å². The van der Waals surface area contributed by atoms with Crippen molar-refractivity contribution in [2.45, 2.75) is 51.0 Å². The largest absolute Gasteiger partial charge is 0.348 e. The fourth-order valence-electron chi connectivity index (χ4n) is 3.68. The van der Waals surface area contributed by atoms with Crippen LogP contribution in [0, 0.1) is 0 Å². The molecule has 0 spiro atoms. The lowest BCUT2D eigenvalue weighted by molar-refractivity contribution is 0.0937. The van der Waals surface area contributed by atoms with Crippen molar-refractivity contribution in [1.82, 2.24) is 5.32 Å². The van der Waals surface area contributed by atoms with E-state index in [1.165, 1.54) is 34.4 Å². The van der Waals surface area contributed by atoms with Crippen LogP contribution in [-0.4, -0.2) is 11.9 Å². The number of carbonyl (C=O) groups excluding carboxylic acids is 1. The average Bonchev–Trinajstić information content (AvgIpc) is 2.99. The van der Waals surface area contributed by atoms with Crippen LogP contribution in [0.1, 0.15) is 50.5 Å². The molecule has 2 nitrogen and oxygen atoms in total. The van der Waals surface area contributed by atoms with Gasteiger partial charge in [0.15, 0.2) is 0 Å². The van der Waals surface area contributed by atoms with Crippen LogP contribution in [-0.2, 0) is 25.7 Å². The Bertz CT molecular complexity index is 680. The molecule has 1 unspecified atom stereocenters. The molecule has 2 aromatic rings. The van der Waals surface area contributed by atoms with Gasteiger partial charge < -0.3 is 5.32 Å². The van der Waals surface area contributed by atoms with Crippen molar-refractivity contribution in [2.24, 2.45) is 0 Å². The summed E-state index contributed by atoms with van der Waals surface area (Å²) in [6.45, 7) is 0. The van der Waals surface area contributed by atoms with Gasteiger partial charge in [0.2, 0.25) is 0 Å². The van der Waals surface area contributed by atoms with Crippen molar-refractivity contribution < 1.29 is 4.79 Å². The highest BCUT2D eigenvalue weighted by Gasteiger charge is 2.22. The number of hydrogen-bond acceptors (Lipinski definition) is 2. The number of benzene rings is 1. The lowest BCUT2D eigenvalue weighted by Gasteiger charge is -2.25. The molecule has 1 N–H and O–H groups in total. The van der Waals surface area contributed by atoms with E-state index in [1.807, 2.05) is 0 Å². The lowest BCUT2D eigenvalue weighted by atomic mass is 9.88. The van der Waals surface area contributed by atoms with Gasteiger partial charge in [0.05, 0.1) is 4.88 Å². The van der Waals surface area contributed by atoms with Crippen LogP contribution >= 0.6 is 11.3 Å². The maximum atomic E-state index is 12.5. The second-order valence-electron chi connectivity index (χ2n) is 6.45. The molecule has 4 rings (SSSR count). The van der Waals surface area contributed by atoms with Gasteiger partial charge in [-0.05, 0) is 67.7 Å². The number of fused-ring (bicyclic) bond motifs is 2. The van der Waals surface area contributed by atoms with Gasteiger partial charge in [-0.25, -0.2) is 0 Å². The molecule has 3 heteroatoms. The molecule has 0 saturated carbocycles. The van der Waals surface area contributed by atoms with Crippen molar-refractivity contribution in [3.8, 4) is 0 Å². The Morgan fingerprint density at radius 2 is 1.86 bits per heavy atom. The molecule has 0 radical (unpaired) electrons. The Labute approximate surface area is 135 Å². The van der Waals surface area contributed by atoms with Crippen LogP contribution in [0.15, 0.2) is 30.3 Å². The van der Waals surface area contributed by atoms with E-state index >= 15 is 0 Å². The summed E-state index contributed by atoms with van der Waals surface area (Å²) in [5.74, 6) is 0.129. The van der Waals surface area contributed by atoms with Gasteiger partial charge >= 0.3 is 0 Å². The molecule has 1 atom stereocenters. The van der Waals surface area contributed by atoms with Gasteiger partial charge in [-0.2, -0.15) is 0 Å². The van der Waals surface area contributed by atoms with Crippen LogP contribution in [0.25, 0.3) is 0 Å². The first-order valence-electron chi connectivity index (χ1n) is 8.29. The normalized spacial score (nSPS) is 20.1. The predicted molar refractivity (Wildman–Crippen MR) is 90.7 cm³/mol. The summed E-state index contributed by atoms with van der Waals surface area (Å²) in [7, 11) is 0. The van der Waals surface area contributed by atoms with Gasteiger partial charge in [-0.15, -0.1) is 11.3 Å². The molecule has 2 aliphatic rings. The van der Waals surface area contributed by atoms with Crippen molar-refractivity contribution in [2.75, 3.05) is 0 Å². The molecule has 0 bridgehead atoms. The smallest absolute Gasteiger partial charge is 0.261 e. The minimum Gasteiger partial charge on any atom is -0.348 e. The fraction of sp³-hybridized carbons (Fsp3) is 0.421. The minimum atomic E-state index is 0.129. The summed E-state index contributed by atoms with van der Waals surface area (Å²) in [5, 5.41) is 3.26. The number of nitrogens with one attached hydrogen (secondary N) is 1. The second kappa shape index (κ2) is 5.88. The first-order valence-corrected chi connectivity index (χ1v) is 9.10.